The van der Waals surface area contributed by atoms with E-state index in [2.05, 4.69) is 5.32 Å². The summed E-state index contributed by atoms with van der Waals surface area (Å²) in [6, 6.07) is 7.74. The molecule has 1 atom stereocenters. The van der Waals surface area contributed by atoms with Crippen molar-refractivity contribution in [2.45, 2.75) is 13.3 Å². The van der Waals surface area contributed by atoms with E-state index in [4.69, 9.17) is 0 Å². The Hall–Kier alpha value is -1.88. The molecule has 1 aliphatic rings. The fourth-order valence-corrected chi connectivity index (χ4v) is 2.58. The van der Waals surface area contributed by atoms with Gasteiger partial charge in [-0.25, -0.2) is 0 Å². The maximum Gasteiger partial charge on any atom is 0.238 e. The lowest BCUT2D eigenvalue weighted by molar-refractivity contribution is -0.132. The molecule has 0 spiro atoms. The SMILES string of the molecule is Cc1ccc(NC(=O)CN2CCC(C(=O)N(C)C)C2)cc1. The number of nitrogens with zero attached hydrogens (tertiary/aromatic N) is 2. The van der Waals surface area contributed by atoms with Gasteiger partial charge in [0.1, 0.15) is 0 Å². The van der Waals surface area contributed by atoms with Gasteiger partial charge in [0.15, 0.2) is 0 Å². The molecule has 1 fully saturated rings. The molecule has 2 amide bonds. The van der Waals surface area contributed by atoms with Crippen LogP contribution < -0.4 is 5.32 Å². The van der Waals surface area contributed by atoms with Gasteiger partial charge in [0.25, 0.3) is 0 Å². The lowest BCUT2D eigenvalue weighted by atomic mass is 10.1. The highest BCUT2D eigenvalue weighted by atomic mass is 16.2. The highest BCUT2D eigenvalue weighted by molar-refractivity contribution is 5.92. The fourth-order valence-electron chi connectivity index (χ4n) is 2.58. The number of likely N-dealkylation sites (tertiary alicyclic amines) is 1. The minimum atomic E-state index is -0.0307. The molecular formula is C16H23N3O2. The monoisotopic (exact) mass is 289 g/mol. The first-order chi connectivity index (χ1) is 9.95. The Labute approximate surface area is 125 Å². The van der Waals surface area contributed by atoms with Crippen molar-refractivity contribution in [1.82, 2.24) is 9.80 Å². The van der Waals surface area contributed by atoms with E-state index < -0.39 is 0 Å². The highest BCUT2D eigenvalue weighted by Gasteiger charge is 2.30. The quantitative estimate of drug-likeness (QED) is 0.910. The molecule has 1 aliphatic heterocycles. The number of benzene rings is 1. The molecule has 5 nitrogen and oxygen atoms in total. The van der Waals surface area contributed by atoms with E-state index in [1.165, 1.54) is 0 Å². The first kappa shape index (κ1) is 15.5. The smallest absolute Gasteiger partial charge is 0.238 e. The zero-order chi connectivity index (χ0) is 15.4. The molecule has 0 aromatic heterocycles. The van der Waals surface area contributed by atoms with Crippen LogP contribution in [-0.2, 0) is 9.59 Å². The third kappa shape index (κ3) is 4.29. The predicted octanol–water partition coefficient (Wildman–Crippen LogP) is 1.34. The first-order valence-electron chi connectivity index (χ1n) is 7.26. The number of carbonyl (C=O) groups is 2. The summed E-state index contributed by atoms with van der Waals surface area (Å²) >= 11 is 0. The van der Waals surface area contributed by atoms with Gasteiger partial charge in [-0.3, -0.25) is 14.5 Å². The highest BCUT2D eigenvalue weighted by Crippen LogP contribution is 2.18. The second-order valence-electron chi connectivity index (χ2n) is 5.87. The molecule has 114 valence electrons. The average molecular weight is 289 g/mol. The van der Waals surface area contributed by atoms with Crippen molar-refractivity contribution in [1.29, 1.82) is 0 Å². The van der Waals surface area contributed by atoms with Crippen LogP contribution in [0, 0.1) is 12.8 Å². The van der Waals surface area contributed by atoms with E-state index >= 15 is 0 Å². The van der Waals surface area contributed by atoms with Crippen molar-refractivity contribution in [2.24, 2.45) is 5.92 Å². The second kappa shape index (κ2) is 6.72. The van der Waals surface area contributed by atoms with E-state index in [1.807, 2.05) is 36.1 Å². The molecule has 1 N–H and O–H groups in total. The third-order valence-corrected chi connectivity index (χ3v) is 3.76. The molecule has 5 heteroatoms. The molecule has 0 radical (unpaired) electrons. The minimum Gasteiger partial charge on any atom is -0.349 e. The van der Waals surface area contributed by atoms with Crippen LogP contribution in [0.4, 0.5) is 5.69 Å². The fraction of sp³-hybridized carbons (Fsp3) is 0.500. The first-order valence-corrected chi connectivity index (χ1v) is 7.26. The van der Waals surface area contributed by atoms with Crippen molar-refractivity contribution < 1.29 is 9.59 Å². The summed E-state index contributed by atoms with van der Waals surface area (Å²) in [5.74, 6) is 0.139. The Morgan fingerprint density at radius 2 is 1.95 bits per heavy atom. The molecule has 0 bridgehead atoms. The molecular weight excluding hydrogens is 266 g/mol. The molecule has 1 heterocycles. The van der Waals surface area contributed by atoms with Crippen LogP contribution >= 0.6 is 0 Å². The summed E-state index contributed by atoms with van der Waals surface area (Å²) in [5.41, 5.74) is 1.98. The number of hydrogen-bond donors (Lipinski definition) is 1. The third-order valence-electron chi connectivity index (χ3n) is 3.76. The summed E-state index contributed by atoms with van der Waals surface area (Å²) < 4.78 is 0. The van der Waals surface area contributed by atoms with E-state index in [0.717, 1.165) is 24.2 Å². The van der Waals surface area contributed by atoms with E-state index in [9.17, 15) is 9.59 Å². The zero-order valence-electron chi connectivity index (χ0n) is 12.9. The lowest BCUT2D eigenvalue weighted by Crippen LogP contribution is -2.35. The van der Waals surface area contributed by atoms with E-state index in [1.54, 1.807) is 19.0 Å². The maximum atomic E-state index is 12.0. The Balaban J connectivity index is 1.81. The lowest BCUT2D eigenvalue weighted by Gasteiger charge is -2.17. The van der Waals surface area contributed by atoms with E-state index in [0.29, 0.717) is 13.1 Å². The standard InChI is InChI=1S/C16H23N3O2/c1-12-4-6-14(7-5-12)17-15(20)11-19-9-8-13(10-19)16(21)18(2)3/h4-7,13H,8-11H2,1-3H3,(H,17,20). The normalized spacial score (nSPS) is 18.5. The van der Waals surface area contributed by atoms with Crippen LogP contribution in [0.1, 0.15) is 12.0 Å². The maximum absolute atomic E-state index is 12.0. The van der Waals surface area contributed by atoms with Gasteiger partial charge in [-0.15, -0.1) is 0 Å². The number of carbonyl (C=O) groups excluding carboxylic acids is 2. The van der Waals surface area contributed by atoms with Crippen LogP contribution in [0.25, 0.3) is 0 Å². The van der Waals surface area contributed by atoms with Crippen molar-refractivity contribution >= 4 is 17.5 Å². The average Bonchev–Trinajstić information content (AvgIpc) is 2.88. The number of amides is 2. The summed E-state index contributed by atoms with van der Waals surface area (Å²) in [6.45, 7) is 3.81. The van der Waals surface area contributed by atoms with Crippen LogP contribution in [0.3, 0.4) is 0 Å². The van der Waals surface area contributed by atoms with Crippen molar-refractivity contribution in [3.05, 3.63) is 29.8 Å². The Morgan fingerprint density at radius 1 is 1.29 bits per heavy atom. The molecule has 0 saturated carbocycles. The van der Waals surface area contributed by atoms with Crippen molar-refractivity contribution in [2.75, 3.05) is 39.0 Å². The van der Waals surface area contributed by atoms with Crippen LogP contribution in [-0.4, -0.2) is 55.3 Å². The van der Waals surface area contributed by atoms with Crippen molar-refractivity contribution in [3.8, 4) is 0 Å². The second-order valence-corrected chi connectivity index (χ2v) is 5.87. The van der Waals surface area contributed by atoms with E-state index in [-0.39, 0.29) is 17.7 Å². The predicted molar refractivity (Wildman–Crippen MR) is 83.0 cm³/mol. The number of anilines is 1. The minimum absolute atomic E-state index is 0.0205. The molecule has 1 aromatic rings. The number of rotatable bonds is 4. The van der Waals surface area contributed by atoms with Gasteiger partial charge in [-0.05, 0) is 32.0 Å². The molecule has 1 unspecified atom stereocenters. The number of nitrogens with one attached hydrogen (secondary N) is 1. The molecule has 1 aromatic carbocycles. The van der Waals surface area contributed by atoms with Gasteiger partial charge >= 0.3 is 0 Å². The number of hydrogen-bond acceptors (Lipinski definition) is 3. The Kier molecular flexibility index (Phi) is 4.96. The Bertz CT molecular complexity index is 511. The topological polar surface area (TPSA) is 52.7 Å². The molecule has 2 rings (SSSR count). The van der Waals surface area contributed by atoms with Crippen LogP contribution in [0.15, 0.2) is 24.3 Å². The summed E-state index contributed by atoms with van der Waals surface area (Å²) in [7, 11) is 3.55. The van der Waals surface area contributed by atoms with Gasteiger partial charge in [0, 0.05) is 26.3 Å². The van der Waals surface area contributed by atoms with Gasteiger partial charge in [0.05, 0.1) is 12.5 Å². The molecule has 21 heavy (non-hydrogen) atoms. The zero-order valence-corrected chi connectivity index (χ0v) is 12.9. The number of aryl methyl sites for hydroxylation is 1. The molecule has 0 aliphatic carbocycles. The van der Waals surface area contributed by atoms with Crippen LogP contribution in [0.2, 0.25) is 0 Å². The summed E-state index contributed by atoms with van der Waals surface area (Å²) in [4.78, 5) is 27.6. The van der Waals surface area contributed by atoms with Gasteiger partial charge in [-0.2, -0.15) is 0 Å². The van der Waals surface area contributed by atoms with Gasteiger partial charge < -0.3 is 10.2 Å². The Morgan fingerprint density at radius 3 is 2.57 bits per heavy atom. The van der Waals surface area contributed by atoms with Crippen molar-refractivity contribution in [3.63, 3.8) is 0 Å². The van der Waals surface area contributed by atoms with Gasteiger partial charge in [-0.1, -0.05) is 17.7 Å². The van der Waals surface area contributed by atoms with Crippen LogP contribution in [0.5, 0.6) is 0 Å². The summed E-state index contributed by atoms with van der Waals surface area (Å²) in [6.07, 6.45) is 0.828. The summed E-state index contributed by atoms with van der Waals surface area (Å²) in [5, 5.41) is 2.89. The largest absolute Gasteiger partial charge is 0.349 e. The molecule has 1 saturated heterocycles. The van der Waals surface area contributed by atoms with Gasteiger partial charge in [0.2, 0.25) is 11.8 Å².